The van der Waals surface area contributed by atoms with Gasteiger partial charge in [-0.2, -0.15) is 9.35 Å². The Hall–Kier alpha value is -1.57. The maximum atomic E-state index is 12.4. The van der Waals surface area contributed by atoms with Crippen molar-refractivity contribution in [2.75, 3.05) is 6.54 Å². The van der Waals surface area contributed by atoms with Crippen molar-refractivity contribution in [2.45, 2.75) is 31.5 Å². The first-order chi connectivity index (χ1) is 12.4. The summed E-state index contributed by atoms with van der Waals surface area (Å²) in [4.78, 5) is 17.9. The van der Waals surface area contributed by atoms with Crippen LogP contribution in [0, 0.1) is 0 Å². The summed E-state index contributed by atoms with van der Waals surface area (Å²) in [5, 5.41) is 8.86. The Labute approximate surface area is 177 Å². The van der Waals surface area contributed by atoms with E-state index in [1.807, 2.05) is 6.07 Å². The number of nitrogens with zero attached hydrogens (tertiary/aromatic N) is 6. The fourth-order valence-electron chi connectivity index (χ4n) is 3.35. The van der Waals surface area contributed by atoms with Crippen molar-refractivity contribution < 1.29 is 51.6 Å². The second-order valence-electron chi connectivity index (χ2n) is 6.20. The molecule has 0 N–H and O–H groups in total. The monoisotopic (exact) mass is 402 g/mol. The van der Waals surface area contributed by atoms with Crippen molar-refractivity contribution in [3.05, 3.63) is 30.7 Å². The standard InChI is InChI=1S/C14H16N6O5S.Na/c21-14-19-8-12(20(14)25-26(22,23)24)4-3-11(19)7-18-9-13(16-17-18)10-2-1-5-15-6-10;/h1-2,5-6,9,11-12H,3-4,7-8H2,(H,22,23,24);/q;+1/p-1/t11-,12+;/m0./s1. The topological polar surface area (TPSA) is 134 Å². The molecule has 2 fully saturated rings. The van der Waals surface area contributed by atoms with E-state index in [2.05, 4.69) is 19.6 Å². The van der Waals surface area contributed by atoms with Gasteiger partial charge >= 0.3 is 35.6 Å². The van der Waals surface area contributed by atoms with Gasteiger partial charge in [-0.3, -0.25) is 4.98 Å². The fourth-order valence-corrected chi connectivity index (χ4v) is 3.73. The minimum absolute atomic E-state index is 0. The number of carbonyl (C=O) groups excluding carboxylic acids is 1. The molecule has 0 aromatic carbocycles. The van der Waals surface area contributed by atoms with Gasteiger partial charge < -0.3 is 9.45 Å². The molecule has 0 saturated carbocycles. The van der Waals surface area contributed by atoms with Gasteiger partial charge in [-0.1, -0.05) is 5.21 Å². The van der Waals surface area contributed by atoms with E-state index in [1.54, 1.807) is 29.3 Å². The van der Waals surface area contributed by atoms with E-state index < -0.39 is 22.5 Å². The second kappa shape index (κ2) is 7.81. The van der Waals surface area contributed by atoms with Gasteiger partial charge in [0.15, 0.2) is 0 Å². The van der Waals surface area contributed by atoms with Crippen LogP contribution in [0.4, 0.5) is 4.79 Å². The van der Waals surface area contributed by atoms with Gasteiger partial charge in [-0.15, -0.1) is 5.10 Å². The normalized spacial score (nSPS) is 22.0. The first kappa shape index (κ1) is 20.2. The molecule has 0 aliphatic carbocycles. The molecule has 11 nitrogen and oxygen atoms in total. The van der Waals surface area contributed by atoms with Crippen LogP contribution in [-0.4, -0.2) is 67.6 Å². The molecular weight excluding hydrogens is 387 g/mol. The van der Waals surface area contributed by atoms with Gasteiger partial charge in [0.05, 0.1) is 24.8 Å². The zero-order valence-electron chi connectivity index (χ0n) is 14.5. The summed E-state index contributed by atoms with van der Waals surface area (Å²) in [6, 6.07) is 2.42. The van der Waals surface area contributed by atoms with Gasteiger partial charge in [0.1, 0.15) is 5.69 Å². The van der Waals surface area contributed by atoms with Crippen molar-refractivity contribution in [3.63, 3.8) is 0 Å². The first-order valence-electron chi connectivity index (χ1n) is 7.96. The molecule has 2 aliphatic rings. The molecule has 4 rings (SSSR count). The van der Waals surface area contributed by atoms with Crippen molar-refractivity contribution in [2.24, 2.45) is 0 Å². The molecule has 2 aliphatic heterocycles. The molecule has 4 heterocycles. The number of rotatable bonds is 5. The van der Waals surface area contributed by atoms with E-state index in [4.69, 9.17) is 0 Å². The molecule has 2 bridgehead atoms. The van der Waals surface area contributed by atoms with Crippen LogP contribution in [0.2, 0.25) is 0 Å². The molecule has 2 amide bonds. The van der Waals surface area contributed by atoms with E-state index in [0.717, 1.165) is 5.56 Å². The number of carbonyl (C=O) groups is 1. The van der Waals surface area contributed by atoms with E-state index in [9.17, 15) is 17.8 Å². The molecule has 2 aromatic heterocycles. The molecule has 0 spiro atoms. The number of fused-ring (bicyclic) bond motifs is 2. The van der Waals surface area contributed by atoms with Gasteiger partial charge in [-0.05, 0) is 25.0 Å². The molecule has 27 heavy (non-hydrogen) atoms. The molecule has 2 aromatic rings. The first-order valence-corrected chi connectivity index (χ1v) is 9.30. The predicted molar refractivity (Wildman–Crippen MR) is 84.8 cm³/mol. The Bertz CT molecular complexity index is 923. The Morgan fingerprint density at radius 2 is 2.15 bits per heavy atom. The number of pyridine rings is 1. The van der Waals surface area contributed by atoms with E-state index >= 15 is 0 Å². The van der Waals surface area contributed by atoms with Crippen molar-refractivity contribution in [3.8, 4) is 11.3 Å². The Morgan fingerprint density at radius 3 is 2.85 bits per heavy atom. The third-order valence-corrected chi connectivity index (χ3v) is 4.86. The number of hydrogen-bond acceptors (Lipinski definition) is 8. The summed E-state index contributed by atoms with van der Waals surface area (Å²) in [5.41, 5.74) is 1.50. The van der Waals surface area contributed by atoms with Crippen molar-refractivity contribution >= 4 is 16.4 Å². The third kappa shape index (κ3) is 4.31. The number of hydroxylamine groups is 2. The Morgan fingerprint density at radius 1 is 1.33 bits per heavy atom. The smallest absolute Gasteiger partial charge is 0.724 e. The van der Waals surface area contributed by atoms with Crippen LogP contribution < -0.4 is 29.6 Å². The van der Waals surface area contributed by atoms with Crippen LogP contribution in [0.3, 0.4) is 0 Å². The van der Waals surface area contributed by atoms with Crippen LogP contribution in [0.1, 0.15) is 12.8 Å². The summed E-state index contributed by atoms with van der Waals surface area (Å²) < 4.78 is 38.4. The number of amides is 2. The number of urea groups is 1. The van der Waals surface area contributed by atoms with Crippen LogP contribution in [0.25, 0.3) is 11.3 Å². The maximum Gasteiger partial charge on any atom is 1.00 e. The SMILES string of the molecule is O=C1N2C[C@@H](CC[C@H]2Cn2cc(-c3cccnc3)nn2)N1OS(=O)(=O)[O-].[Na+]. The quantitative estimate of drug-likeness (QED) is 0.294. The number of hydrogen-bond donors (Lipinski definition) is 0. The van der Waals surface area contributed by atoms with Gasteiger partial charge in [0.2, 0.25) is 10.4 Å². The summed E-state index contributed by atoms with van der Waals surface area (Å²) in [5.74, 6) is 0. The van der Waals surface area contributed by atoms with Crippen molar-refractivity contribution in [1.29, 1.82) is 0 Å². The van der Waals surface area contributed by atoms with Gasteiger partial charge in [0, 0.05) is 24.5 Å². The average Bonchev–Trinajstić information content (AvgIpc) is 3.16. The van der Waals surface area contributed by atoms with Crippen LogP contribution in [-0.2, 0) is 21.2 Å². The second-order valence-corrected chi connectivity index (χ2v) is 7.16. The summed E-state index contributed by atoms with van der Waals surface area (Å²) in [7, 11) is -4.99. The molecular formula is C14H15N6NaO5S. The molecule has 2 atom stereocenters. The summed E-state index contributed by atoms with van der Waals surface area (Å²) in [6.07, 6.45) is 6.28. The van der Waals surface area contributed by atoms with Gasteiger partial charge in [0.25, 0.3) is 0 Å². The molecule has 0 unspecified atom stereocenters. The van der Waals surface area contributed by atoms with Crippen LogP contribution in [0.5, 0.6) is 0 Å². The molecule has 13 heteroatoms. The van der Waals surface area contributed by atoms with E-state index in [1.165, 1.54) is 4.90 Å². The summed E-state index contributed by atoms with van der Waals surface area (Å²) in [6.45, 7) is 0.715. The number of piperidine rings is 1. The molecule has 0 radical (unpaired) electrons. The third-order valence-electron chi connectivity index (χ3n) is 4.51. The van der Waals surface area contributed by atoms with Gasteiger partial charge in [-0.25, -0.2) is 17.9 Å². The minimum Gasteiger partial charge on any atom is -0.724 e. The Balaban J connectivity index is 0.00000210. The van der Waals surface area contributed by atoms with Crippen LogP contribution in [0.15, 0.2) is 30.7 Å². The molecule has 2 saturated heterocycles. The van der Waals surface area contributed by atoms with Crippen molar-refractivity contribution in [1.82, 2.24) is 29.9 Å². The van der Waals surface area contributed by atoms with E-state index in [-0.39, 0.29) is 35.6 Å². The maximum absolute atomic E-state index is 12.4. The Kier molecular flexibility index (Phi) is 5.84. The largest absolute Gasteiger partial charge is 1.00 e. The summed E-state index contributed by atoms with van der Waals surface area (Å²) >= 11 is 0. The minimum atomic E-state index is -4.99. The number of aromatic nitrogens is 4. The molecule has 138 valence electrons. The van der Waals surface area contributed by atoms with Crippen LogP contribution >= 0.6 is 0 Å². The zero-order valence-corrected chi connectivity index (χ0v) is 17.3. The average molecular weight is 402 g/mol. The predicted octanol–water partition coefficient (Wildman–Crippen LogP) is -3.00. The fraction of sp³-hybridized carbons (Fsp3) is 0.429. The zero-order chi connectivity index (χ0) is 18.3. The van der Waals surface area contributed by atoms with E-state index in [0.29, 0.717) is 36.7 Å².